The lowest BCUT2D eigenvalue weighted by Gasteiger charge is -2.33. The first-order valence-corrected chi connectivity index (χ1v) is 15.2. The van der Waals surface area contributed by atoms with Crippen LogP contribution in [-0.2, 0) is 5.41 Å². The molecule has 0 aliphatic heterocycles. The van der Waals surface area contributed by atoms with Crippen molar-refractivity contribution in [3.63, 3.8) is 0 Å². The molecule has 0 heterocycles. The smallest absolute Gasteiger partial charge is 0.171 e. The molecule has 2 aliphatic rings. The van der Waals surface area contributed by atoms with Crippen molar-refractivity contribution in [2.75, 3.05) is 7.05 Å². The van der Waals surface area contributed by atoms with E-state index in [1.165, 1.54) is 6.07 Å². The van der Waals surface area contributed by atoms with Crippen molar-refractivity contribution < 1.29 is 52.7 Å². The summed E-state index contributed by atoms with van der Waals surface area (Å²) >= 11 is 0. The van der Waals surface area contributed by atoms with Crippen LogP contribution in [0.5, 0.6) is 0 Å². The first-order chi connectivity index (χ1) is 27.5. The SMILES string of the molecule is C/N=C\C(C#N)=c1/c(F)c(F)c2c(c1F)C1(c3c(F)c(=C(C#N)C#N)c(F)c(F)c3=c3c(F)c(F)c(=C(C#N)C#N)c(F)c31)c1c(F)/c(=C(/C#N)C=N)c(F)c(F)c1=2. The van der Waals surface area contributed by atoms with Gasteiger partial charge in [-0.1, -0.05) is 0 Å². The molecule has 8 nitrogen and oxygen atoms in total. The lowest BCUT2D eigenvalue weighted by molar-refractivity contribution is 0.447. The molecule has 282 valence electrons. The van der Waals surface area contributed by atoms with E-state index in [1.807, 2.05) is 0 Å². The molecule has 0 aromatic heterocycles. The average Bonchev–Trinajstić information content (AvgIpc) is 3.70. The van der Waals surface area contributed by atoms with E-state index in [1.54, 1.807) is 0 Å². The number of aliphatic imine (C=N–C) groups is 1. The quantitative estimate of drug-likeness (QED) is 0.157. The Bertz CT molecular complexity index is 3390. The molecule has 58 heavy (non-hydrogen) atoms. The third-order valence-corrected chi connectivity index (χ3v) is 9.41. The van der Waals surface area contributed by atoms with Gasteiger partial charge in [0.05, 0.1) is 37.4 Å². The van der Waals surface area contributed by atoms with Crippen LogP contribution in [0.15, 0.2) is 4.99 Å². The Kier molecular flexibility index (Phi) is 9.21. The highest BCUT2D eigenvalue weighted by molar-refractivity contribution is 6.08. The second-order valence-corrected chi connectivity index (χ2v) is 11.8. The Labute approximate surface area is 311 Å². The number of nitriles is 6. The number of rotatable bonds is 2. The number of fused-ring (bicyclic) bond motifs is 8. The molecular weight excluding hydrogens is 796 g/mol. The Morgan fingerprint density at radius 2 is 0.707 bits per heavy atom. The number of halogens is 12. The molecule has 6 rings (SSSR count). The summed E-state index contributed by atoms with van der Waals surface area (Å²) in [6.45, 7) is 0. The summed E-state index contributed by atoms with van der Waals surface area (Å²) in [5.41, 5.74) is -19.0. The molecule has 2 aliphatic carbocycles. The monoisotopic (exact) mass is 802 g/mol. The second kappa shape index (κ2) is 13.5. The molecule has 0 saturated carbocycles. The molecule has 0 saturated heterocycles. The Morgan fingerprint density at radius 3 is 0.966 bits per heavy atom. The van der Waals surface area contributed by atoms with Crippen molar-refractivity contribution in [1.82, 2.24) is 0 Å². The van der Waals surface area contributed by atoms with Gasteiger partial charge in [-0.2, -0.15) is 31.6 Å². The number of nitrogens with zero attached hydrogens (tertiary/aromatic N) is 7. The summed E-state index contributed by atoms with van der Waals surface area (Å²) in [5.74, 6) is -31.1. The first-order valence-electron chi connectivity index (χ1n) is 15.2. The van der Waals surface area contributed by atoms with Gasteiger partial charge >= 0.3 is 0 Å². The second-order valence-electron chi connectivity index (χ2n) is 11.8. The summed E-state index contributed by atoms with van der Waals surface area (Å²) in [5, 5.41) is 48.7. The van der Waals surface area contributed by atoms with Crippen molar-refractivity contribution in [2.24, 2.45) is 4.99 Å². The number of benzene rings is 4. The molecule has 0 radical (unpaired) electrons. The molecule has 20 heteroatoms. The fourth-order valence-electron chi connectivity index (χ4n) is 7.36. The minimum atomic E-state index is -4.35. The fraction of sp³-hybridized carbons (Fsp3) is 0.0526. The van der Waals surface area contributed by atoms with Crippen LogP contribution in [-0.4, -0.2) is 19.5 Å². The number of hydrogen-bond acceptors (Lipinski definition) is 8. The maximum Gasteiger partial charge on any atom is 0.171 e. The molecule has 4 aromatic carbocycles. The van der Waals surface area contributed by atoms with Gasteiger partial charge in [0, 0.05) is 62.6 Å². The molecule has 0 amide bonds. The van der Waals surface area contributed by atoms with Gasteiger partial charge in [-0.05, 0) is 0 Å². The lowest BCUT2D eigenvalue weighted by atomic mass is 9.67. The van der Waals surface area contributed by atoms with Gasteiger partial charge in [0.25, 0.3) is 0 Å². The van der Waals surface area contributed by atoms with Crippen molar-refractivity contribution in [3.05, 3.63) is 134 Å². The van der Waals surface area contributed by atoms with Crippen LogP contribution >= 0.6 is 0 Å². The summed E-state index contributed by atoms with van der Waals surface area (Å²) in [4.78, 5) is 3.35. The van der Waals surface area contributed by atoms with E-state index in [4.69, 9.17) is 5.41 Å². The van der Waals surface area contributed by atoms with Gasteiger partial charge in [-0.25, -0.2) is 52.7 Å². The number of hydrogen-bond donors (Lipinski definition) is 1. The molecule has 4 aromatic rings. The van der Waals surface area contributed by atoms with E-state index in [0.29, 0.717) is 6.21 Å². The van der Waals surface area contributed by atoms with E-state index in [2.05, 4.69) is 4.99 Å². The molecule has 0 bridgehead atoms. The van der Waals surface area contributed by atoms with Crippen molar-refractivity contribution in [1.29, 1.82) is 37.0 Å². The summed E-state index contributed by atoms with van der Waals surface area (Å²) in [6, 6.07) is 6.09. The minimum absolute atomic E-state index is 0.126. The molecule has 0 fully saturated rings. The van der Waals surface area contributed by atoms with E-state index in [-0.39, 0.29) is 6.21 Å². The fourth-order valence-corrected chi connectivity index (χ4v) is 7.36. The highest BCUT2D eigenvalue weighted by atomic mass is 19.2. The molecule has 1 N–H and O–H groups in total. The van der Waals surface area contributed by atoms with Crippen molar-refractivity contribution in [2.45, 2.75) is 5.41 Å². The van der Waals surface area contributed by atoms with E-state index in [9.17, 15) is 31.6 Å². The van der Waals surface area contributed by atoms with Gasteiger partial charge in [0.1, 0.15) is 70.8 Å². The van der Waals surface area contributed by atoms with Crippen LogP contribution in [0.1, 0.15) is 22.3 Å². The zero-order chi connectivity index (χ0) is 43.0. The van der Waals surface area contributed by atoms with Crippen LogP contribution < -0.4 is 20.9 Å². The Hall–Kier alpha value is -8.20. The van der Waals surface area contributed by atoms with Crippen molar-refractivity contribution in [3.8, 4) is 36.4 Å². The van der Waals surface area contributed by atoms with E-state index in [0.717, 1.165) is 37.4 Å². The number of nitrogens with one attached hydrogen (secondary N) is 1. The zero-order valence-corrected chi connectivity index (χ0v) is 27.8. The van der Waals surface area contributed by atoms with Crippen LogP contribution in [0.2, 0.25) is 0 Å². The maximum atomic E-state index is 17.5. The highest BCUT2D eigenvalue weighted by Gasteiger charge is 2.58. The topological polar surface area (TPSA) is 179 Å². The predicted octanol–water partition coefficient (Wildman–Crippen LogP) is 4.03. The normalized spacial score (nSPS) is 13.5. The predicted molar refractivity (Wildman–Crippen MR) is 169 cm³/mol. The first kappa shape index (κ1) is 39.5. The highest BCUT2D eigenvalue weighted by Crippen LogP contribution is 2.56. The lowest BCUT2D eigenvalue weighted by Crippen LogP contribution is -2.40. The van der Waals surface area contributed by atoms with E-state index < -0.39 is 162 Å². The molecular formula is C38H6F12N8. The van der Waals surface area contributed by atoms with Crippen LogP contribution in [0.25, 0.3) is 22.3 Å². The molecule has 1 spiro atoms. The third kappa shape index (κ3) is 4.48. The largest absolute Gasteiger partial charge is 0.307 e. The minimum Gasteiger partial charge on any atom is -0.307 e. The van der Waals surface area contributed by atoms with Crippen LogP contribution in [0.3, 0.4) is 0 Å². The maximum absolute atomic E-state index is 17.5. The summed E-state index contributed by atoms with van der Waals surface area (Å²) < 4.78 is 200. The average molecular weight is 802 g/mol. The van der Waals surface area contributed by atoms with Gasteiger partial charge in [-0.15, -0.1) is 0 Å². The zero-order valence-electron chi connectivity index (χ0n) is 27.8. The van der Waals surface area contributed by atoms with E-state index >= 15 is 52.7 Å². The molecule has 0 unspecified atom stereocenters. The van der Waals surface area contributed by atoms with Crippen LogP contribution in [0, 0.1) is 164 Å². The third-order valence-electron chi connectivity index (χ3n) is 9.41. The Balaban J connectivity index is 2.33. The Morgan fingerprint density at radius 1 is 0.431 bits per heavy atom. The van der Waals surface area contributed by atoms with Crippen LogP contribution in [0.4, 0.5) is 52.7 Å². The van der Waals surface area contributed by atoms with Gasteiger partial charge in [-0.3, -0.25) is 4.99 Å². The van der Waals surface area contributed by atoms with Gasteiger partial charge in [0.15, 0.2) is 46.5 Å². The van der Waals surface area contributed by atoms with Crippen molar-refractivity contribution >= 4 is 34.7 Å². The standard InChI is InChI=1S/C38H6F12N8/c1-58-9-13(8-57)17-29(42)25-21(37(50)33(17)46)20-24(28(41)16(12(6-55)7-56)32(45)36(20)49)38(25)22-18(34(47)30(43)14(26(22)39)10(2-51)3-52)19-23(38)27(40)15(11(4-53)5-54)31(44)35(19)48/h6,9,55H,1H3/b16-12-,17-13-,55-6?,58-9-. The summed E-state index contributed by atoms with van der Waals surface area (Å²) in [6.07, 6.45) is 0.235. The van der Waals surface area contributed by atoms with Gasteiger partial charge < -0.3 is 5.41 Å². The van der Waals surface area contributed by atoms with Gasteiger partial charge in [0.2, 0.25) is 0 Å². The molecule has 0 atom stereocenters. The summed E-state index contributed by atoms with van der Waals surface area (Å²) in [7, 11) is 0.902.